The first-order chi connectivity index (χ1) is 6.83. The van der Waals surface area contributed by atoms with Gasteiger partial charge in [-0.05, 0) is 12.0 Å². The smallest absolute Gasteiger partial charge is 0.306 e. The van der Waals surface area contributed by atoms with Crippen molar-refractivity contribution < 1.29 is 13.9 Å². The highest BCUT2D eigenvalue weighted by Gasteiger charge is 2.02. The molecule has 0 amide bonds. The molecular weight excluding hydrogens is 183 g/mol. The first kappa shape index (κ1) is 10.7. The lowest BCUT2D eigenvalue weighted by molar-refractivity contribution is -0.145. The Morgan fingerprint density at radius 2 is 2.00 bits per heavy atom. The molecule has 14 heavy (non-hydrogen) atoms. The minimum absolute atomic E-state index is 0.156. The number of carbonyl (C=O) groups is 1. The number of alkyl halides is 1. The average Bonchev–Trinajstić information content (AvgIpc) is 2.25. The topological polar surface area (TPSA) is 26.3 Å². The van der Waals surface area contributed by atoms with Gasteiger partial charge in [-0.3, -0.25) is 9.18 Å². The molecular formula is C11H13FO2. The van der Waals surface area contributed by atoms with Gasteiger partial charge in [0.1, 0.15) is 6.61 Å². The number of benzene rings is 1. The van der Waals surface area contributed by atoms with Crippen molar-refractivity contribution in [1.29, 1.82) is 0 Å². The van der Waals surface area contributed by atoms with Crippen LogP contribution in [0.5, 0.6) is 0 Å². The molecule has 76 valence electrons. The highest BCUT2D eigenvalue weighted by Crippen LogP contribution is 2.02. The maximum absolute atomic E-state index is 11.7. The molecule has 1 aromatic carbocycles. The number of hydrogen-bond donors (Lipinski definition) is 0. The molecule has 0 saturated carbocycles. The van der Waals surface area contributed by atoms with E-state index in [1.807, 2.05) is 30.3 Å². The van der Waals surface area contributed by atoms with E-state index < -0.39 is 6.67 Å². The van der Waals surface area contributed by atoms with Crippen molar-refractivity contribution >= 4 is 5.97 Å². The highest BCUT2D eigenvalue weighted by atomic mass is 19.1. The quantitative estimate of drug-likeness (QED) is 0.676. The Morgan fingerprint density at radius 3 is 2.64 bits per heavy atom. The summed E-state index contributed by atoms with van der Waals surface area (Å²) in [7, 11) is 0. The summed E-state index contributed by atoms with van der Waals surface area (Å²) in [6, 6.07) is 9.41. The second kappa shape index (κ2) is 6.13. The number of halogens is 1. The monoisotopic (exact) mass is 196 g/mol. The van der Waals surface area contributed by atoms with Crippen molar-refractivity contribution in [3.05, 3.63) is 35.9 Å². The fourth-order valence-electron chi connectivity index (χ4n) is 1.02. The van der Waals surface area contributed by atoms with E-state index in [4.69, 9.17) is 4.74 Å². The Hall–Kier alpha value is -1.38. The van der Waals surface area contributed by atoms with E-state index in [1.54, 1.807) is 0 Å². The molecule has 0 heterocycles. The van der Waals surface area contributed by atoms with E-state index >= 15 is 0 Å². The van der Waals surface area contributed by atoms with Crippen molar-refractivity contribution in [3.63, 3.8) is 0 Å². The summed E-state index contributed by atoms with van der Waals surface area (Å²) in [6.45, 7) is -0.202. The average molecular weight is 196 g/mol. The molecule has 2 nitrogen and oxygen atoms in total. The van der Waals surface area contributed by atoms with Crippen LogP contribution in [0.4, 0.5) is 4.39 Å². The Bertz CT molecular complexity index is 272. The molecule has 0 aromatic heterocycles. The van der Waals surface area contributed by atoms with Crippen LogP contribution in [0, 0.1) is 0 Å². The van der Waals surface area contributed by atoms with E-state index in [0.717, 1.165) is 5.56 Å². The van der Waals surface area contributed by atoms with Gasteiger partial charge in [0.25, 0.3) is 0 Å². The maximum Gasteiger partial charge on any atom is 0.306 e. The third-order valence-electron chi connectivity index (χ3n) is 1.76. The fraction of sp³-hybridized carbons (Fsp3) is 0.364. The number of rotatable bonds is 5. The van der Waals surface area contributed by atoms with E-state index in [9.17, 15) is 9.18 Å². The van der Waals surface area contributed by atoms with Gasteiger partial charge in [-0.15, -0.1) is 0 Å². The molecule has 1 aromatic rings. The number of carbonyl (C=O) groups excluding carboxylic acids is 1. The minimum Gasteiger partial charge on any atom is -0.461 e. The van der Waals surface area contributed by atoms with Crippen LogP contribution >= 0.6 is 0 Å². The molecule has 0 aliphatic rings. The predicted octanol–water partition coefficient (Wildman–Crippen LogP) is 2.48. The predicted molar refractivity (Wildman–Crippen MR) is 51.4 cm³/mol. The summed E-state index contributed by atoms with van der Waals surface area (Å²) < 4.78 is 16.6. The summed E-state index contributed by atoms with van der Waals surface area (Å²) in [5, 5.41) is 0. The van der Waals surface area contributed by atoms with Crippen LogP contribution in [-0.4, -0.2) is 12.6 Å². The van der Waals surface area contributed by atoms with E-state index in [0.29, 0.717) is 0 Å². The standard InChI is InChI=1S/C11H13FO2/c12-8-4-7-11(13)14-9-10-5-2-1-3-6-10/h1-3,5-6H,4,7-9H2. The zero-order valence-electron chi connectivity index (χ0n) is 7.91. The molecule has 0 saturated heterocycles. The Balaban J connectivity index is 2.24. The van der Waals surface area contributed by atoms with Crippen LogP contribution in [0.25, 0.3) is 0 Å². The van der Waals surface area contributed by atoms with Gasteiger partial charge >= 0.3 is 5.97 Å². The van der Waals surface area contributed by atoms with E-state index in [1.165, 1.54) is 0 Å². The lowest BCUT2D eigenvalue weighted by atomic mass is 10.2. The largest absolute Gasteiger partial charge is 0.461 e. The SMILES string of the molecule is O=C(CCCF)OCc1ccccc1. The van der Waals surface area contributed by atoms with Crippen LogP contribution in [0.2, 0.25) is 0 Å². The second-order valence-electron chi connectivity index (χ2n) is 2.94. The van der Waals surface area contributed by atoms with Crippen molar-refractivity contribution in [1.82, 2.24) is 0 Å². The van der Waals surface area contributed by atoms with Crippen LogP contribution in [0.1, 0.15) is 18.4 Å². The van der Waals surface area contributed by atoms with Crippen LogP contribution in [0.15, 0.2) is 30.3 Å². The number of hydrogen-bond acceptors (Lipinski definition) is 2. The summed E-state index contributed by atoms with van der Waals surface area (Å²) in [6.07, 6.45) is 0.400. The Labute approximate surface area is 82.7 Å². The van der Waals surface area contributed by atoms with Gasteiger partial charge in [-0.25, -0.2) is 0 Å². The molecule has 1 rings (SSSR count). The summed E-state index contributed by atoms with van der Waals surface area (Å²) in [5.74, 6) is -0.341. The third-order valence-corrected chi connectivity index (χ3v) is 1.76. The van der Waals surface area contributed by atoms with Gasteiger partial charge in [0, 0.05) is 6.42 Å². The number of ether oxygens (including phenoxy) is 1. The van der Waals surface area contributed by atoms with Crippen LogP contribution < -0.4 is 0 Å². The lowest BCUT2D eigenvalue weighted by Crippen LogP contribution is -2.04. The van der Waals surface area contributed by atoms with Crippen molar-refractivity contribution in [3.8, 4) is 0 Å². The minimum atomic E-state index is -0.472. The molecule has 0 atom stereocenters. The fourth-order valence-corrected chi connectivity index (χ4v) is 1.02. The molecule has 3 heteroatoms. The van der Waals surface area contributed by atoms with E-state index in [2.05, 4.69) is 0 Å². The van der Waals surface area contributed by atoms with Gasteiger partial charge in [0.2, 0.25) is 0 Å². The maximum atomic E-state index is 11.7. The third kappa shape index (κ3) is 4.03. The lowest BCUT2D eigenvalue weighted by Gasteiger charge is -2.03. The molecule has 0 bridgehead atoms. The highest BCUT2D eigenvalue weighted by molar-refractivity contribution is 5.69. The molecule has 0 spiro atoms. The van der Waals surface area contributed by atoms with E-state index in [-0.39, 0.29) is 25.4 Å². The zero-order chi connectivity index (χ0) is 10.2. The first-order valence-corrected chi connectivity index (χ1v) is 4.58. The van der Waals surface area contributed by atoms with Gasteiger partial charge in [0.05, 0.1) is 6.67 Å². The van der Waals surface area contributed by atoms with Crippen LogP contribution in [0.3, 0.4) is 0 Å². The Morgan fingerprint density at radius 1 is 1.29 bits per heavy atom. The van der Waals surface area contributed by atoms with Gasteiger partial charge in [0.15, 0.2) is 0 Å². The molecule has 0 aliphatic heterocycles. The van der Waals surface area contributed by atoms with Gasteiger partial charge in [-0.2, -0.15) is 0 Å². The summed E-state index contributed by atoms with van der Waals surface area (Å²) >= 11 is 0. The summed E-state index contributed by atoms with van der Waals surface area (Å²) in [4.78, 5) is 11.0. The van der Waals surface area contributed by atoms with Crippen molar-refractivity contribution in [2.75, 3.05) is 6.67 Å². The molecule has 0 aliphatic carbocycles. The molecule has 0 N–H and O–H groups in total. The second-order valence-corrected chi connectivity index (χ2v) is 2.94. The summed E-state index contributed by atoms with van der Waals surface area (Å²) in [5.41, 5.74) is 0.945. The van der Waals surface area contributed by atoms with Gasteiger partial charge in [-0.1, -0.05) is 30.3 Å². The molecule has 0 radical (unpaired) electrons. The normalized spacial score (nSPS) is 9.79. The van der Waals surface area contributed by atoms with Crippen LogP contribution in [-0.2, 0) is 16.1 Å². The first-order valence-electron chi connectivity index (χ1n) is 4.58. The molecule has 0 fully saturated rings. The Kier molecular flexibility index (Phi) is 4.69. The zero-order valence-corrected chi connectivity index (χ0v) is 7.91. The van der Waals surface area contributed by atoms with Crippen molar-refractivity contribution in [2.45, 2.75) is 19.4 Å². The molecule has 0 unspecified atom stereocenters. The van der Waals surface area contributed by atoms with Gasteiger partial charge < -0.3 is 4.74 Å². The van der Waals surface area contributed by atoms with Crippen molar-refractivity contribution in [2.24, 2.45) is 0 Å². The number of esters is 1.